The molecule has 124 valence electrons. The largest absolute Gasteiger partial charge is 0.497 e. The summed E-state index contributed by atoms with van der Waals surface area (Å²) in [6.45, 7) is 0.372. The first kappa shape index (κ1) is 15.9. The zero-order valence-electron chi connectivity index (χ0n) is 13.5. The van der Waals surface area contributed by atoms with Crippen molar-refractivity contribution in [2.45, 2.75) is 6.42 Å². The number of hydrogen-bond acceptors (Lipinski definition) is 5. The van der Waals surface area contributed by atoms with Crippen molar-refractivity contribution < 1.29 is 14.3 Å². The van der Waals surface area contributed by atoms with Crippen LogP contribution in [0.5, 0.6) is 5.75 Å². The quantitative estimate of drug-likeness (QED) is 0.752. The molecule has 0 aliphatic rings. The molecule has 0 bridgehead atoms. The van der Waals surface area contributed by atoms with Crippen LogP contribution < -0.4 is 10.1 Å². The number of ether oxygens (including phenoxy) is 2. The maximum atomic E-state index is 11.7. The van der Waals surface area contributed by atoms with Gasteiger partial charge < -0.3 is 14.8 Å². The van der Waals surface area contributed by atoms with E-state index in [2.05, 4.69) is 15.4 Å². The molecular weight excluding hydrogens is 308 g/mol. The van der Waals surface area contributed by atoms with E-state index in [1.807, 2.05) is 36.4 Å². The van der Waals surface area contributed by atoms with E-state index in [4.69, 9.17) is 9.47 Å². The summed E-state index contributed by atoms with van der Waals surface area (Å²) in [7, 11) is 3.19. The molecule has 1 aromatic carbocycles. The van der Waals surface area contributed by atoms with Crippen LogP contribution in [0.4, 0.5) is 5.82 Å². The van der Waals surface area contributed by atoms with Crippen molar-refractivity contribution in [1.29, 1.82) is 0 Å². The summed E-state index contributed by atoms with van der Waals surface area (Å²) in [5.74, 6) is 1.09. The van der Waals surface area contributed by atoms with Crippen molar-refractivity contribution >= 4 is 17.4 Å². The number of hydrogen-bond donors (Lipinski definition) is 1. The Bertz CT molecular complexity index is 860. The van der Waals surface area contributed by atoms with Crippen LogP contribution in [-0.4, -0.2) is 41.3 Å². The fourth-order valence-corrected chi connectivity index (χ4v) is 2.28. The lowest BCUT2D eigenvalue weighted by molar-refractivity contribution is -0.117. The van der Waals surface area contributed by atoms with Crippen molar-refractivity contribution in [3.05, 3.63) is 42.6 Å². The highest BCUT2D eigenvalue weighted by Crippen LogP contribution is 2.22. The third-order valence-electron chi connectivity index (χ3n) is 3.49. The molecule has 3 rings (SSSR count). The standard InChI is InChI=1S/C17H18N4O3/c1-23-9-8-17(22)19-15-11-21-16(18-15)7-6-14(20-21)12-4-3-5-13(10-12)24-2/h3-7,10-11H,8-9H2,1-2H3,(H,19,22). The number of carbonyl (C=O) groups is 1. The minimum Gasteiger partial charge on any atom is -0.497 e. The average molecular weight is 326 g/mol. The molecule has 0 saturated heterocycles. The predicted molar refractivity (Wildman–Crippen MR) is 90.1 cm³/mol. The van der Waals surface area contributed by atoms with Crippen LogP contribution in [0.1, 0.15) is 6.42 Å². The maximum Gasteiger partial charge on any atom is 0.227 e. The molecule has 2 aromatic heterocycles. The first-order valence-electron chi connectivity index (χ1n) is 7.49. The van der Waals surface area contributed by atoms with Gasteiger partial charge in [0.2, 0.25) is 5.91 Å². The molecule has 0 saturated carbocycles. The number of nitrogens with zero attached hydrogens (tertiary/aromatic N) is 3. The second-order valence-corrected chi connectivity index (χ2v) is 5.17. The van der Waals surface area contributed by atoms with Gasteiger partial charge >= 0.3 is 0 Å². The molecule has 1 amide bonds. The van der Waals surface area contributed by atoms with Crippen molar-refractivity contribution in [2.24, 2.45) is 0 Å². The van der Waals surface area contributed by atoms with Gasteiger partial charge in [-0.2, -0.15) is 5.10 Å². The Kier molecular flexibility index (Phi) is 4.72. The van der Waals surface area contributed by atoms with E-state index in [9.17, 15) is 4.79 Å². The van der Waals surface area contributed by atoms with Gasteiger partial charge in [0.15, 0.2) is 11.5 Å². The Hall–Kier alpha value is -2.93. The Morgan fingerprint density at radius 3 is 2.92 bits per heavy atom. The van der Waals surface area contributed by atoms with Gasteiger partial charge in [0, 0.05) is 12.7 Å². The van der Waals surface area contributed by atoms with E-state index in [0.717, 1.165) is 17.0 Å². The number of carbonyl (C=O) groups excluding carboxylic acids is 1. The molecule has 0 spiro atoms. The number of imidazole rings is 1. The van der Waals surface area contributed by atoms with Gasteiger partial charge in [-0.3, -0.25) is 4.79 Å². The molecule has 2 heterocycles. The summed E-state index contributed by atoms with van der Waals surface area (Å²) in [5, 5.41) is 7.27. The highest BCUT2D eigenvalue weighted by atomic mass is 16.5. The van der Waals surface area contributed by atoms with Crippen LogP contribution in [0, 0.1) is 0 Å². The summed E-state index contributed by atoms with van der Waals surface area (Å²) in [6.07, 6.45) is 1.97. The Morgan fingerprint density at radius 2 is 2.12 bits per heavy atom. The van der Waals surface area contributed by atoms with Gasteiger partial charge in [-0.1, -0.05) is 12.1 Å². The molecule has 3 aromatic rings. The number of methoxy groups -OCH3 is 2. The highest BCUT2D eigenvalue weighted by Gasteiger charge is 2.08. The SMILES string of the molecule is COCCC(=O)Nc1cn2nc(-c3cccc(OC)c3)ccc2n1. The van der Waals surface area contributed by atoms with Crippen LogP contribution in [0.3, 0.4) is 0 Å². The summed E-state index contributed by atoms with van der Waals surface area (Å²) in [4.78, 5) is 16.1. The van der Waals surface area contributed by atoms with Gasteiger partial charge in [-0.25, -0.2) is 9.50 Å². The maximum absolute atomic E-state index is 11.7. The van der Waals surface area contributed by atoms with Gasteiger partial charge in [-0.15, -0.1) is 0 Å². The molecule has 0 unspecified atom stereocenters. The third kappa shape index (κ3) is 3.52. The summed E-state index contributed by atoms with van der Waals surface area (Å²) >= 11 is 0. The number of aromatic nitrogens is 3. The number of benzene rings is 1. The molecule has 7 heteroatoms. The Balaban J connectivity index is 1.84. The third-order valence-corrected chi connectivity index (χ3v) is 3.49. The highest BCUT2D eigenvalue weighted by molar-refractivity contribution is 5.90. The number of amides is 1. The van der Waals surface area contributed by atoms with Crippen LogP contribution in [-0.2, 0) is 9.53 Å². The molecular formula is C17H18N4O3. The first-order valence-corrected chi connectivity index (χ1v) is 7.49. The number of fused-ring (bicyclic) bond motifs is 1. The Labute approximate surface area is 139 Å². The van der Waals surface area contributed by atoms with E-state index in [1.165, 1.54) is 0 Å². The lowest BCUT2D eigenvalue weighted by Gasteiger charge is -2.04. The van der Waals surface area contributed by atoms with Crippen molar-refractivity contribution in [1.82, 2.24) is 14.6 Å². The lowest BCUT2D eigenvalue weighted by atomic mass is 10.1. The lowest BCUT2D eigenvalue weighted by Crippen LogP contribution is -2.13. The van der Waals surface area contributed by atoms with Gasteiger partial charge in [0.05, 0.1) is 32.0 Å². The molecule has 0 aliphatic heterocycles. The molecule has 7 nitrogen and oxygen atoms in total. The molecule has 0 radical (unpaired) electrons. The average Bonchev–Trinajstić information content (AvgIpc) is 3.01. The molecule has 1 N–H and O–H groups in total. The number of nitrogens with one attached hydrogen (secondary N) is 1. The van der Waals surface area contributed by atoms with Crippen molar-refractivity contribution in [2.75, 3.05) is 26.1 Å². The first-order chi connectivity index (χ1) is 11.7. The number of anilines is 1. The zero-order chi connectivity index (χ0) is 16.9. The number of rotatable bonds is 6. The van der Waals surface area contributed by atoms with Gasteiger partial charge in [0.1, 0.15) is 5.75 Å². The monoisotopic (exact) mass is 326 g/mol. The van der Waals surface area contributed by atoms with Crippen LogP contribution >= 0.6 is 0 Å². The van der Waals surface area contributed by atoms with Gasteiger partial charge in [0.25, 0.3) is 0 Å². The van der Waals surface area contributed by atoms with E-state index in [1.54, 1.807) is 24.9 Å². The molecule has 0 atom stereocenters. The fourth-order valence-electron chi connectivity index (χ4n) is 2.28. The van der Waals surface area contributed by atoms with Gasteiger partial charge in [-0.05, 0) is 24.3 Å². The summed E-state index contributed by atoms with van der Waals surface area (Å²) < 4.78 is 11.8. The molecule has 24 heavy (non-hydrogen) atoms. The molecule has 0 aliphatic carbocycles. The smallest absolute Gasteiger partial charge is 0.227 e. The second-order valence-electron chi connectivity index (χ2n) is 5.17. The minimum atomic E-state index is -0.145. The van der Waals surface area contributed by atoms with Crippen LogP contribution in [0.25, 0.3) is 16.9 Å². The van der Waals surface area contributed by atoms with Crippen molar-refractivity contribution in [3.63, 3.8) is 0 Å². The summed E-state index contributed by atoms with van der Waals surface area (Å²) in [6, 6.07) is 11.4. The van der Waals surface area contributed by atoms with E-state index in [0.29, 0.717) is 18.1 Å². The summed E-state index contributed by atoms with van der Waals surface area (Å²) in [5.41, 5.74) is 2.38. The topological polar surface area (TPSA) is 77.8 Å². The van der Waals surface area contributed by atoms with Crippen LogP contribution in [0.2, 0.25) is 0 Å². The second kappa shape index (κ2) is 7.10. The van der Waals surface area contributed by atoms with Crippen molar-refractivity contribution in [3.8, 4) is 17.0 Å². The zero-order valence-corrected chi connectivity index (χ0v) is 13.5. The predicted octanol–water partition coefficient (Wildman–Crippen LogP) is 2.38. The van der Waals surface area contributed by atoms with E-state index in [-0.39, 0.29) is 12.3 Å². The minimum absolute atomic E-state index is 0.145. The normalized spacial score (nSPS) is 10.8. The fraction of sp³-hybridized carbons (Fsp3) is 0.235. The molecule has 0 fully saturated rings. The Morgan fingerprint density at radius 1 is 1.25 bits per heavy atom. The van der Waals surface area contributed by atoms with E-state index >= 15 is 0 Å². The van der Waals surface area contributed by atoms with E-state index < -0.39 is 0 Å². The van der Waals surface area contributed by atoms with Crippen LogP contribution in [0.15, 0.2) is 42.6 Å².